The van der Waals surface area contributed by atoms with Gasteiger partial charge >= 0.3 is 0 Å². The standard InChI is InChI=1S/C7H17N5O.ClH/c1-4-13-11-7(10)12(5(2)3)6(8)9;/h5H,4H2,1-3H3,(H3,8,9)(H2,10,11);1H. The number of nitrogens with zero attached hydrogens (tertiary/aromatic N) is 2. The number of hydrogen-bond acceptors (Lipinski definition) is 3. The molecule has 0 aromatic carbocycles. The Kier molecular flexibility index (Phi) is 7.93. The van der Waals surface area contributed by atoms with Crippen LogP contribution in [0.1, 0.15) is 20.8 Å². The van der Waals surface area contributed by atoms with Crippen LogP contribution in [0.5, 0.6) is 0 Å². The molecule has 0 aromatic heterocycles. The third-order valence-electron chi connectivity index (χ3n) is 1.31. The van der Waals surface area contributed by atoms with Gasteiger partial charge in [-0.15, -0.1) is 12.4 Å². The topological polar surface area (TPSA) is 101 Å². The highest BCUT2D eigenvalue weighted by Crippen LogP contribution is 1.96. The molecule has 0 aliphatic heterocycles. The first-order valence-corrected chi connectivity index (χ1v) is 4.09. The van der Waals surface area contributed by atoms with Crippen molar-refractivity contribution >= 4 is 24.3 Å². The largest absolute Gasteiger partial charge is 0.393 e. The van der Waals surface area contributed by atoms with Gasteiger partial charge in [-0.3, -0.25) is 10.3 Å². The Morgan fingerprint density at radius 2 is 2.00 bits per heavy atom. The van der Waals surface area contributed by atoms with Crippen LogP contribution in [-0.2, 0) is 4.84 Å². The van der Waals surface area contributed by atoms with Crippen LogP contribution in [0.25, 0.3) is 0 Å². The summed E-state index contributed by atoms with van der Waals surface area (Å²) in [6.07, 6.45) is 0. The Balaban J connectivity index is 0. The number of nitrogens with one attached hydrogen (secondary N) is 1. The third kappa shape index (κ3) is 4.76. The van der Waals surface area contributed by atoms with E-state index in [9.17, 15) is 0 Å². The van der Waals surface area contributed by atoms with Crippen molar-refractivity contribution in [2.24, 2.45) is 16.6 Å². The molecule has 0 aliphatic carbocycles. The molecule has 0 bridgehead atoms. The van der Waals surface area contributed by atoms with Crippen molar-refractivity contribution in [2.75, 3.05) is 6.61 Å². The first-order valence-electron chi connectivity index (χ1n) is 4.09. The highest BCUT2D eigenvalue weighted by atomic mass is 35.5. The zero-order chi connectivity index (χ0) is 10.4. The van der Waals surface area contributed by atoms with Gasteiger partial charge in [0.15, 0.2) is 5.96 Å². The maximum absolute atomic E-state index is 7.24. The fraction of sp³-hybridized carbons (Fsp3) is 0.714. The first kappa shape index (κ1) is 15.3. The highest BCUT2D eigenvalue weighted by molar-refractivity contribution is 5.95. The molecule has 0 unspecified atom stereocenters. The summed E-state index contributed by atoms with van der Waals surface area (Å²) >= 11 is 0. The highest BCUT2D eigenvalue weighted by Gasteiger charge is 2.15. The van der Waals surface area contributed by atoms with E-state index in [4.69, 9.17) is 21.7 Å². The van der Waals surface area contributed by atoms with Crippen molar-refractivity contribution in [1.82, 2.24) is 4.90 Å². The molecule has 0 aromatic rings. The van der Waals surface area contributed by atoms with E-state index in [1.165, 1.54) is 4.90 Å². The second-order valence-corrected chi connectivity index (χ2v) is 2.72. The Bertz CT molecular complexity index is 206. The van der Waals surface area contributed by atoms with Gasteiger partial charge in [-0.25, -0.2) is 0 Å². The minimum Gasteiger partial charge on any atom is -0.393 e. The molecule has 0 radical (unpaired) electrons. The average molecular weight is 224 g/mol. The lowest BCUT2D eigenvalue weighted by atomic mass is 10.3. The summed E-state index contributed by atoms with van der Waals surface area (Å²) in [5.41, 5.74) is 10.8. The van der Waals surface area contributed by atoms with Gasteiger partial charge in [-0.2, -0.15) is 0 Å². The van der Waals surface area contributed by atoms with Gasteiger partial charge in [0.05, 0.1) is 0 Å². The van der Waals surface area contributed by atoms with Crippen molar-refractivity contribution < 1.29 is 4.84 Å². The van der Waals surface area contributed by atoms with Gasteiger partial charge in [0, 0.05) is 6.04 Å². The maximum atomic E-state index is 7.24. The molecule has 0 heterocycles. The van der Waals surface area contributed by atoms with E-state index in [0.29, 0.717) is 6.61 Å². The van der Waals surface area contributed by atoms with Crippen molar-refractivity contribution in [3.8, 4) is 0 Å². The van der Waals surface area contributed by atoms with Crippen LogP contribution in [0, 0.1) is 5.41 Å². The van der Waals surface area contributed by atoms with Crippen LogP contribution >= 0.6 is 12.4 Å². The van der Waals surface area contributed by atoms with Gasteiger partial charge in [-0.1, -0.05) is 0 Å². The molecule has 0 saturated carbocycles. The van der Waals surface area contributed by atoms with Crippen molar-refractivity contribution in [3.05, 3.63) is 0 Å². The summed E-state index contributed by atoms with van der Waals surface area (Å²) in [5, 5.41) is 10.8. The molecule has 5 N–H and O–H groups in total. The summed E-state index contributed by atoms with van der Waals surface area (Å²) in [6, 6.07) is -0.0123. The van der Waals surface area contributed by atoms with Crippen molar-refractivity contribution in [3.63, 3.8) is 0 Å². The molecule has 0 aliphatic rings. The molecule has 0 rings (SSSR count). The summed E-state index contributed by atoms with van der Waals surface area (Å²) in [5.74, 6) is -0.0414. The van der Waals surface area contributed by atoms with E-state index >= 15 is 0 Å². The minimum absolute atomic E-state index is 0. The van der Waals surface area contributed by atoms with Crippen LogP contribution in [0.3, 0.4) is 0 Å². The van der Waals surface area contributed by atoms with Crippen LogP contribution in [-0.4, -0.2) is 29.5 Å². The number of hydrogen-bond donors (Lipinski definition) is 3. The zero-order valence-corrected chi connectivity index (χ0v) is 9.47. The number of nitrogens with two attached hydrogens (primary N) is 2. The van der Waals surface area contributed by atoms with Crippen LogP contribution in [0.15, 0.2) is 5.16 Å². The molecule has 7 heteroatoms. The summed E-state index contributed by atoms with van der Waals surface area (Å²) < 4.78 is 0. The van der Waals surface area contributed by atoms with Crippen molar-refractivity contribution in [1.29, 1.82) is 5.41 Å². The van der Waals surface area contributed by atoms with E-state index in [1.807, 2.05) is 13.8 Å². The lowest BCUT2D eigenvalue weighted by molar-refractivity contribution is 0.154. The predicted molar refractivity (Wildman–Crippen MR) is 59.4 cm³/mol. The van der Waals surface area contributed by atoms with Crippen LogP contribution in [0.4, 0.5) is 0 Å². The number of guanidine groups is 2. The molecular formula is C7H18ClN5O. The third-order valence-corrected chi connectivity index (χ3v) is 1.31. The lowest BCUT2D eigenvalue weighted by Gasteiger charge is -2.24. The zero-order valence-electron chi connectivity index (χ0n) is 8.65. The van der Waals surface area contributed by atoms with Gasteiger partial charge in [0.25, 0.3) is 0 Å². The molecule has 0 fully saturated rings. The quantitative estimate of drug-likeness (QED) is 0.363. The molecule has 0 amide bonds. The van der Waals surface area contributed by atoms with E-state index in [1.54, 1.807) is 6.92 Å². The molecule has 0 saturated heterocycles. The Labute approximate surface area is 90.2 Å². The summed E-state index contributed by atoms with van der Waals surface area (Å²) in [6.45, 7) is 5.94. The monoisotopic (exact) mass is 223 g/mol. The first-order chi connectivity index (χ1) is 6.00. The van der Waals surface area contributed by atoms with Crippen LogP contribution < -0.4 is 11.5 Å². The van der Waals surface area contributed by atoms with Gasteiger partial charge in [-0.05, 0) is 25.9 Å². The van der Waals surface area contributed by atoms with Crippen LogP contribution in [0.2, 0.25) is 0 Å². The number of oxime groups is 1. The van der Waals surface area contributed by atoms with E-state index < -0.39 is 0 Å². The fourth-order valence-corrected chi connectivity index (χ4v) is 0.841. The Morgan fingerprint density at radius 3 is 2.29 bits per heavy atom. The maximum Gasteiger partial charge on any atom is 0.240 e. The van der Waals surface area contributed by atoms with Crippen molar-refractivity contribution in [2.45, 2.75) is 26.8 Å². The molecule has 0 spiro atoms. The SMILES string of the molecule is CCO/N=C(/N)N(C(=N)N)C(C)C.Cl. The Morgan fingerprint density at radius 1 is 1.50 bits per heavy atom. The average Bonchev–Trinajstić information content (AvgIpc) is 1.99. The Hall–Kier alpha value is -1.17. The fourth-order valence-electron chi connectivity index (χ4n) is 0.841. The predicted octanol–water partition coefficient (Wildman–Crippen LogP) is 0.278. The van der Waals surface area contributed by atoms with Gasteiger partial charge in [0.2, 0.25) is 5.96 Å². The van der Waals surface area contributed by atoms with Gasteiger partial charge in [0.1, 0.15) is 6.61 Å². The molecule has 84 valence electrons. The summed E-state index contributed by atoms with van der Waals surface area (Å²) in [7, 11) is 0. The summed E-state index contributed by atoms with van der Waals surface area (Å²) in [4.78, 5) is 6.12. The van der Waals surface area contributed by atoms with E-state index in [-0.39, 0.29) is 30.4 Å². The minimum atomic E-state index is -0.143. The lowest BCUT2D eigenvalue weighted by Crippen LogP contribution is -2.49. The molecular weight excluding hydrogens is 206 g/mol. The second-order valence-electron chi connectivity index (χ2n) is 2.72. The normalized spacial score (nSPS) is 10.7. The number of halogens is 1. The van der Waals surface area contributed by atoms with E-state index in [0.717, 1.165) is 0 Å². The molecule has 14 heavy (non-hydrogen) atoms. The second kappa shape index (κ2) is 7.25. The molecule has 0 atom stereocenters. The number of rotatable bonds is 3. The smallest absolute Gasteiger partial charge is 0.240 e. The van der Waals surface area contributed by atoms with E-state index in [2.05, 4.69) is 5.16 Å². The van der Waals surface area contributed by atoms with Gasteiger partial charge < -0.3 is 16.3 Å². The molecule has 6 nitrogen and oxygen atoms in total.